The second-order valence-electron chi connectivity index (χ2n) is 5.30. The van der Waals surface area contributed by atoms with Crippen LogP contribution in [-0.4, -0.2) is 35.1 Å². The summed E-state index contributed by atoms with van der Waals surface area (Å²) in [6.07, 6.45) is 1.46. The van der Waals surface area contributed by atoms with Crippen LogP contribution in [0.2, 0.25) is 0 Å². The average Bonchev–Trinajstić information content (AvgIpc) is 2.41. The largest absolute Gasteiger partial charge is 0.391 e. The highest BCUT2D eigenvalue weighted by Gasteiger charge is 2.26. The molecule has 0 bridgehead atoms. The fraction of sp³-hybridized carbons (Fsp3) is 0.533. The lowest BCUT2D eigenvalue weighted by Gasteiger charge is -2.34. The average molecular weight is 265 g/mol. The first-order valence-corrected chi connectivity index (χ1v) is 6.76. The molecule has 1 aromatic carbocycles. The van der Waals surface area contributed by atoms with E-state index >= 15 is 0 Å². The number of amides is 1. The Hall–Kier alpha value is -1.42. The third-order valence-corrected chi connectivity index (χ3v) is 3.81. The van der Waals surface area contributed by atoms with Crippen LogP contribution in [0.5, 0.6) is 0 Å². The van der Waals surface area contributed by atoms with Crippen LogP contribution in [0, 0.1) is 11.7 Å². The summed E-state index contributed by atoms with van der Waals surface area (Å²) >= 11 is 0. The Bertz CT molecular complexity index is 432. The molecule has 1 amide bonds. The lowest BCUT2D eigenvalue weighted by atomic mass is 9.95. The number of halogens is 1. The number of β-amino-alcohol motifs (C(OH)–C–C–N with tert-alkyl or cyclic N) is 1. The molecule has 2 atom stereocenters. The molecule has 1 saturated heterocycles. The lowest BCUT2D eigenvalue weighted by Crippen LogP contribution is -2.45. The van der Waals surface area contributed by atoms with Crippen LogP contribution in [-0.2, 0) is 11.2 Å². The first kappa shape index (κ1) is 14.0. The Morgan fingerprint density at radius 2 is 2.11 bits per heavy atom. The molecule has 1 fully saturated rings. The maximum absolute atomic E-state index is 12.8. The minimum absolute atomic E-state index is 0.0651. The lowest BCUT2D eigenvalue weighted by molar-refractivity contribution is -0.135. The van der Waals surface area contributed by atoms with E-state index in [1.165, 1.54) is 12.1 Å². The summed E-state index contributed by atoms with van der Waals surface area (Å²) in [6.45, 7) is 3.16. The molecule has 1 aromatic rings. The van der Waals surface area contributed by atoms with E-state index in [0.717, 1.165) is 18.5 Å². The second kappa shape index (κ2) is 6.15. The van der Waals surface area contributed by atoms with Gasteiger partial charge in [0.15, 0.2) is 0 Å². The molecule has 4 heteroatoms. The quantitative estimate of drug-likeness (QED) is 0.908. The number of likely N-dealkylation sites (tertiary alicyclic amines) is 1. The summed E-state index contributed by atoms with van der Waals surface area (Å²) in [5, 5.41) is 9.78. The van der Waals surface area contributed by atoms with Gasteiger partial charge in [-0.25, -0.2) is 4.39 Å². The first-order valence-electron chi connectivity index (χ1n) is 6.76. The van der Waals surface area contributed by atoms with Crippen molar-refractivity contribution < 1.29 is 14.3 Å². The Morgan fingerprint density at radius 3 is 2.74 bits per heavy atom. The van der Waals surface area contributed by atoms with E-state index in [1.54, 1.807) is 17.0 Å². The number of nitrogens with zero attached hydrogens (tertiary/aromatic N) is 1. The number of aryl methyl sites for hydroxylation is 1. The second-order valence-corrected chi connectivity index (χ2v) is 5.30. The molecule has 3 nitrogen and oxygen atoms in total. The number of carbonyl (C=O) groups excluding carboxylic acids is 1. The maximum atomic E-state index is 12.8. The van der Waals surface area contributed by atoms with Gasteiger partial charge in [-0.1, -0.05) is 19.1 Å². The van der Waals surface area contributed by atoms with Gasteiger partial charge in [0.25, 0.3) is 0 Å². The van der Waals surface area contributed by atoms with Crippen molar-refractivity contribution in [3.63, 3.8) is 0 Å². The highest BCUT2D eigenvalue weighted by Crippen LogP contribution is 2.18. The molecule has 2 rings (SSSR count). The predicted molar refractivity (Wildman–Crippen MR) is 71.1 cm³/mol. The Balaban J connectivity index is 1.83. The van der Waals surface area contributed by atoms with Crippen LogP contribution in [0.1, 0.15) is 25.3 Å². The van der Waals surface area contributed by atoms with Crippen molar-refractivity contribution in [2.45, 2.75) is 32.3 Å². The number of benzene rings is 1. The molecule has 1 aliphatic rings. The van der Waals surface area contributed by atoms with Crippen LogP contribution in [0.3, 0.4) is 0 Å². The molecule has 0 saturated carbocycles. The number of aliphatic hydroxyl groups is 1. The molecule has 104 valence electrons. The van der Waals surface area contributed by atoms with Gasteiger partial charge < -0.3 is 10.0 Å². The smallest absolute Gasteiger partial charge is 0.222 e. The highest BCUT2D eigenvalue weighted by atomic mass is 19.1. The summed E-state index contributed by atoms with van der Waals surface area (Å²) < 4.78 is 12.8. The number of carbonyl (C=O) groups is 1. The third-order valence-electron chi connectivity index (χ3n) is 3.81. The van der Waals surface area contributed by atoms with Crippen LogP contribution < -0.4 is 0 Å². The Kier molecular flexibility index (Phi) is 4.53. The van der Waals surface area contributed by atoms with Crippen molar-refractivity contribution >= 4 is 5.91 Å². The SMILES string of the molecule is CC1CCN(C(=O)CCc2ccc(F)cc2)CC1O. The van der Waals surface area contributed by atoms with Crippen molar-refractivity contribution in [3.05, 3.63) is 35.6 Å². The highest BCUT2D eigenvalue weighted by molar-refractivity contribution is 5.76. The van der Waals surface area contributed by atoms with Crippen molar-refractivity contribution in [1.82, 2.24) is 4.90 Å². The van der Waals surface area contributed by atoms with Gasteiger partial charge in [-0.3, -0.25) is 4.79 Å². The number of aliphatic hydroxyl groups excluding tert-OH is 1. The van der Waals surface area contributed by atoms with Crippen molar-refractivity contribution in [3.8, 4) is 0 Å². The van der Waals surface area contributed by atoms with Gasteiger partial charge in [0, 0.05) is 19.5 Å². The topological polar surface area (TPSA) is 40.5 Å². The fourth-order valence-corrected chi connectivity index (χ4v) is 2.34. The summed E-state index contributed by atoms with van der Waals surface area (Å²) in [5.74, 6) is 0.0691. The number of hydrogen-bond acceptors (Lipinski definition) is 2. The molecule has 0 spiro atoms. The standard InChI is InChI=1S/C15H20FNO2/c1-11-8-9-17(10-14(11)18)15(19)7-4-12-2-5-13(16)6-3-12/h2-3,5-6,11,14,18H,4,7-10H2,1H3. The maximum Gasteiger partial charge on any atom is 0.222 e. The molecular weight excluding hydrogens is 245 g/mol. The predicted octanol–water partition coefficient (Wildman–Crippen LogP) is 1.99. The number of rotatable bonds is 3. The molecule has 1 N–H and O–H groups in total. The molecule has 2 unspecified atom stereocenters. The molecule has 0 radical (unpaired) electrons. The Labute approximate surface area is 113 Å². The van der Waals surface area contributed by atoms with E-state index in [9.17, 15) is 14.3 Å². The molecule has 1 heterocycles. The van der Waals surface area contributed by atoms with Crippen molar-refractivity contribution in [1.29, 1.82) is 0 Å². The van der Waals surface area contributed by atoms with Crippen LogP contribution >= 0.6 is 0 Å². The summed E-state index contributed by atoms with van der Waals surface area (Å²) in [5.41, 5.74) is 0.959. The zero-order valence-electron chi connectivity index (χ0n) is 11.2. The molecule has 1 aliphatic heterocycles. The van der Waals surface area contributed by atoms with E-state index in [1.807, 2.05) is 6.92 Å². The van der Waals surface area contributed by atoms with E-state index in [4.69, 9.17) is 0 Å². The van der Waals surface area contributed by atoms with E-state index in [2.05, 4.69) is 0 Å². The van der Waals surface area contributed by atoms with Crippen molar-refractivity contribution in [2.24, 2.45) is 5.92 Å². The summed E-state index contributed by atoms with van der Waals surface area (Å²) in [4.78, 5) is 13.8. The van der Waals surface area contributed by atoms with Gasteiger partial charge >= 0.3 is 0 Å². The first-order chi connectivity index (χ1) is 9.06. The molecule has 0 aliphatic carbocycles. The molecule has 19 heavy (non-hydrogen) atoms. The zero-order chi connectivity index (χ0) is 13.8. The van der Waals surface area contributed by atoms with Gasteiger partial charge in [-0.2, -0.15) is 0 Å². The summed E-state index contributed by atoms with van der Waals surface area (Å²) in [7, 11) is 0. The van der Waals surface area contributed by atoms with Gasteiger partial charge in [-0.05, 0) is 36.5 Å². The van der Waals surface area contributed by atoms with Gasteiger partial charge in [-0.15, -0.1) is 0 Å². The Morgan fingerprint density at radius 1 is 1.42 bits per heavy atom. The van der Waals surface area contributed by atoms with E-state index < -0.39 is 6.10 Å². The third kappa shape index (κ3) is 3.77. The van der Waals surface area contributed by atoms with Crippen LogP contribution in [0.25, 0.3) is 0 Å². The molecular formula is C15H20FNO2. The van der Waals surface area contributed by atoms with E-state index in [0.29, 0.717) is 19.4 Å². The minimum atomic E-state index is -0.413. The molecule has 0 aromatic heterocycles. The summed E-state index contributed by atoms with van der Waals surface area (Å²) in [6, 6.07) is 6.23. The van der Waals surface area contributed by atoms with Gasteiger partial charge in [0.2, 0.25) is 5.91 Å². The van der Waals surface area contributed by atoms with Gasteiger partial charge in [0.05, 0.1) is 6.10 Å². The number of piperidine rings is 1. The van der Waals surface area contributed by atoms with Crippen LogP contribution in [0.4, 0.5) is 4.39 Å². The van der Waals surface area contributed by atoms with Crippen LogP contribution in [0.15, 0.2) is 24.3 Å². The van der Waals surface area contributed by atoms with Crippen molar-refractivity contribution in [2.75, 3.05) is 13.1 Å². The normalized spacial score (nSPS) is 23.4. The van der Waals surface area contributed by atoms with E-state index in [-0.39, 0.29) is 17.6 Å². The monoisotopic (exact) mass is 265 g/mol. The fourth-order valence-electron chi connectivity index (χ4n) is 2.34. The minimum Gasteiger partial charge on any atom is -0.391 e. The van der Waals surface area contributed by atoms with Gasteiger partial charge in [0.1, 0.15) is 5.82 Å². The number of hydrogen-bond donors (Lipinski definition) is 1. The zero-order valence-corrected chi connectivity index (χ0v) is 11.2.